The SMILES string of the molecule is Cc1ccc(S(=O)C2C(C)CC(C)CC2N)cc1C. The molecular formula is C16H25NOS. The zero-order chi connectivity index (χ0) is 14.2. The van der Waals surface area contributed by atoms with Crippen molar-refractivity contribution in [2.45, 2.75) is 56.7 Å². The van der Waals surface area contributed by atoms with Crippen LogP contribution in [0.3, 0.4) is 0 Å². The van der Waals surface area contributed by atoms with Gasteiger partial charge in [0.25, 0.3) is 0 Å². The molecule has 1 aliphatic carbocycles. The molecule has 0 amide bonds. The maximum Gasteiger partial charge on any atom is 0.0579 e. The van der Waals surface area contributed by atoms with E-state index in [0.29, 0.717) is 11.8 Å². The summed E-state index contributed by atoms with van der Waals surface area (Å²) in [7, 11) is -0.989. The molecular weight excluding hydrogens is 254 g/mol. The average Bonchev–Trinajstić information content (AvgIpc) is 2.31. The van der Waals surface area contributed by atoms with Gasteiger partial charge in [0.05, 0.1) is 16.0 Å². The lowest BCUT2D eigenvalue weighted by Crippen LogP contribution is -2.47. The maximum absolute atomic E-state index is 12.8. The zero-order valence-electron chi connectivity index (χ0n) is 12.3. The highest BCUT2D eigenvalue weighted by atomic mass is 32.2. The van der Waals surface area contributed by atoms with Gasteiger partial charge in [0.15, 0.2) is 0 Å². The van der Waals surface area contributed by atoms with Crippen LogP contribution in [-0.2, 0) is 10.8 Å². The first-order valence-corrected chi connectivity index (χ1v) is 8.35. The van der Waals surface area contributed by atoms with Crippen LogP contribution in [0, 0.1) is 25.7 Å². The number of hydrogen-bond acceptors (Lipinski definition) is 2. The van der Waals surface area contributed by atoms with Gasteiger partial charge in [0.1, 0.15) is 0 Å². The van der Waals surface area contributed by atoms with Gasteiger partial charge in [0, 0.05) is 10.9 Å². The number of nitrogens with two attached hydrogens (primary N) is 1. The van der Waals surface area contributed by atoms with Crippen molar-refractivity contribution >= 4 is 10.8 Å². The highest BCUT2D eigenvalue weighted by Gasteiger charge is 2.36. The minimum Gasteiger partial charge on any atom is -0.327 e. The van der Waals surface area contributed by atoms with Gasteiger partial charge in [-0.3, -0.25) is 4.21 Å². The van der Waals surface area contributed by atoms with Gasteiger partial charge in [-0.2, -0.15) is 0 Å². The van der Waals surface area contributed by atoms with Gasteiger partial charge >= 0.3 is 0 Å². The van der Waals surface area contributed by atoms with E-state index >= 15 is 0 Å². The van der Waals surface area contributed by atoms with Crippen molar-refractivity contribution in [1.29, 1.82) is 0 Å². The smallest absolute Gasteiger partial charge is 0.0579 e. The summed E-state index contributed by atoms with van der Waals surface area (Å²) in [4.78, 5) is 0.935. The molecule has 0 aromatic heterocycles. The molecule has 0 spiro atoms. The predicted molar refractivity (Wildman–Crippen MR) is 81.6 cm³/mol. The minimum atomic E-state index is -0.989. The Hall–Kier alpha value is -0.670. The Kier molecular flexibility index (Phi) is 4.46. The topological polar surface area (TPSA) is 43.1 Å². The van der Waals surface area contributed by atoms with Gasteiger partial charge in [0.2, 0.25) is 0 Å². The third kappa shape index (κ3) is 3.09. The van der Waals surface area contributed by atoms with Gasteiger partial charge < -0.3 is 5.73 Å². The molecule has 5 unspecified atom stereocenters. The van der Waals surface area contributed by atoms with Crippen LogP contribution in [0.2, 0.25) is 0 Å². The normalized spacial score (nSPS) is 33.1. The summed E-state index contributed by atoms with van der Waals surface area (Å²) in [6.07, 6.45) is 2.13. The highest BCUT2D eigenvalue weighted by molar-refractivity contribution is 7.85. The first kappa shape index (κ1) is 14.7. The summed E-state index contributed by atoms with van der Waals surface area (Å²) >= 11 is 0. The molecule has 3 heteroatoms. The number of rotatable bonds is 2. The summed E-state index contributed by atoms with van der Waals surface area (Å²) in [6, 6.07) is 6.17. The molecule has 0 radical (unpaired) electrons. The monoisotopic (exact) mass is 279 g/mol. The van der Waals surface area contributed by atoms with E-state index in [1.165, 1.54) is 11.1 Å². The second kappa shape index (κ2) is 5.76. The lowest BCUT2D eigenvalue weighted by atomic mass is 9.80. The quantitative estimate of drug-likeness (QED) is 0.903. The number of benzene rings is 1. The average molecular weight is 279 g/mol. The molecule has 1 saturated carbocycles. The molecule has 0 bridgehead atoms. The van der Waals surface area contributed by atoms with Gasteiger partial charge in [-0.05, 0) is 61.8 Å². The van der Waals surface area contributed by atoms with Crippen molar-refractivity contribution in [3.8, 4) is 0 Å². The largest absolute Gasteiger partial charge is 0.327 e. The predicted octanol–water partition coefficient (Wildman–Crippen LogP) is 3.17. The first-order valence-electron chi connectivity index (χ1n) is 7.13. The number of aryl methyl sites for hydroxylation is 2. The summed E-state index contributed by atoms with van der Waals surface area (Å²) < 4.78 is 12.8. The van der Waals surface area contributed by atoms with Crippen molar-refractivity contribution in [3.63, 3.8) is 0 Å². The second-order valence-electron chi connectivity index (χ2n) is 6.23. The Morgan fingerprint density at radius 3 is 2.42 bits per heavy atom. The molecule has 2 nitrogen and oxygen atoms in total. The maximum atomic E-state index is 12.8. The van der Waals surface area contributed by atoms with Crippen molar-refractivity contribution in [1.82, 2.24) is 0 Å². The van der Waals surface area contributed by atoms with E-state index in [-0.39, 0.29) is 11.3 Å². The van der Waals surface area contributed by atoms with Crippen molar-refractivity contribution in [2.24, 2.45) is 17.6 Å². The zero-order valence-corrected chi connectivity index (χ0v) is 13.2. The van der Waals surface area contributed by atoms with E-state index in [2.05, 4.69) is 39.8 Å². The Labute approximate surface area is 119 Å². The van der Waals surface area contributed by atoms with Gasteiger partial charge in [-0.1, -0.05) is 19.9 Å². The molecule has 19 heavy (non-hydrogen) atoms. The molecule has 0 aliphatic heterocycles. The summed E-state index contributed by atoms with van der Waals surface area (Å²) in [5, 5.41) is 0.0957. The Balaban J connectivity index is 2.25. The fourth-order valence-corrected chi connectivity index (χ4v) is 5.02. The molecule has 106 valence electrons. The van der Waals surface area contributed by atoms with Crippen molar-refractivity contribution < 1.29 is 4.21 Å². The summed E-state index contributed by atoms with van der Waals surface area (Å²) in [6.45, 7) is 8.59. The molecule has 0 heterocycles. The minimum absolute atomic E-state index is 0.0567. The van der Waals surface area contributed by atoms with E-state index in [1.54, 1.807) is 0 Å². The second-order valence-corrected chi connectivity index (χ2v) is 7.84. The molecule has 1 aliphatic rings. The lowest BCUT2D eigenvalue weighted by Gasteiger charge is -2.37. The van der Waals surface area contributed by atoms with Crippen LogP contribution in [0.4, 0.5) is 0 Å². The van der Waals surface area contributed by atoms with E-state index in [0.717, 1.165) is 17.7 Å². The van der Waals surface area contributed by atoms with Crippen molar-refractivity contribution in [2.75, 3.05) is 0 Å². The van der Waals surface area contributed by atoms with E-state index < -0.39 is 10.8 Å². The van der Waals surface area contributed by atoms with Crippen molar-refractivity contribution in [3.05, 3.63) is 29.3 Å². The molecule has 2 rings (SSSR count). The van der Waals surface area contributed by atoms with Crippen LogP contribution in [0.15, 0.2) is 23.1 Å². The first-order chi connectivity index (χ1) is 8.90. The Morgan fingerprint density at radius 1 is 1.16 bits per heavy atom. The van der Waals surface area contributed by atoms with Crippen LogP contribution >= 0.6 is 0 Å². The van der Waals surface area contributed by atoms with Crippen LogP contribution in [0.25, 0.3) is 0 Å². The fraction of sp³-hybridized carbons (Fsp3) is 0.625. The van der Waals surface area contributed by atoms with Gasteiger partial charge in [-0.25, -0.2) is 0 Å². The Bertz CT molecular complexity index is 474. The molecule has 0 saturated heterocycles. The van der Waals surface area contributed by atoms with Crippen LogP contribution < -0.4 is 5.73 Å². The number of hydrogen-bond donors (Lipinski definition) is 1. The summed E-state index contributed by atoms with van der Waals surface area (Å²) in [5.74, 6) is 1.08. The van der Waals surface area contributed by atoms with Crippen LogP contribution in [0.5, 0.6) is 0 Å². The molecule has 1 aromatic carbocycles. The van der Waals surface area contributed by atoms with E-state index in [1.807, 2.05) is 6.07 Å². The van der Waals surface area contributed by atoms with Gasteiger partial charge in [-0.15, -0.1) is 0 Å². The van der Waals surface area contributed by atoms with Crippen LogP contribution in [-0.4, -0.2) is 15.5 Å². The third-order valence-corrected chi connectivity index (χ3v) is 6.42. The Morgan fingerprint density at radius 2 is 1.84 bits per heavy atom. The molecule has 2 N–H and O–H groups in total. The molecule has 1 fully saturated rings. The molecule has 5 atom stereocenters. The third-order valence-electron chi connectivity index (χ3n) is 4.39. The highest BCUT2D eigenvalue weighted by Crippen LogP contribution is 2.33. The summed E-state index contributed by atoms with van der Waals surface area (Å²) in [5.41, 5.74) is 8.72. The lowest BCUT2D eigenvalue weighted by molar-refractivity contribution is 0.275. The molecule has 1 aromatic rings. The van der Waals surface area contributed by atoms with Crippen LogP contribution in [0.1, 0.15) is 37.8 Å². The standard InChI is InChI=1S/C16H25NOS/c1-10-7-13(4)16(15(17)8-10)19(18)14-6-5-11(2)12(3)9-14/h5-6,9-10,13,15-16H,7-8,17H2,1-4H3. The van der Waals surface area contributed by atoms with E-state index in [9.17, 15) is 4.21 Å². The fourth-order valence-electron chi connectivity index (χ4n) is 3.25. The van der Waals surface area contributed by atoms with E-state index in [4.69, 9.17) is 5.73 Å².